The summed E-state index contributed by atoms with van der Waals surface area (Å²) in [6.45, 7) is 2.19. The minimum absolute atomic E-state index is 0.755. The lowest BCUT2D eigenvalue weighted by atomic mass is 10.1. The van der Waals surface area contributed by atoms with Crippen LogP contribution in [-0.4, -0.2) is 22.2 Å². The normalized spacial score (nSPS) is 11.2. The van der Waals surface area contributed by atoms with E-state index in [1.165, 1.54) is 38.2 Å². The first kappa shape index (κ1) is 16.7. The third-order valence-electron chi connectivity index (χ3n) is 2.83. The second-order valence-electron chi connectivity index (χ2n) is 4.49. The van der Waals surface area contributed by atoms with Gasteiger partial charge in [-0.3, -0.25) is 9.59 Å². The molecule has 4 nitrogen and oxygen atoms in total. The molecule has 104 valence electrons. The number of carboxylic acids is 2. The van der Waals surface area contributed by atoms with Gasteiger partial charge in [0.1, 0.15) is 0 Å². The van der Waals surface area contributed by atoms with Crippen LogP contribution >= 0.6 is 0 Å². The molecule has 0 aromatic carbocycles. The van der Waals surface area contributed by atoms with Crippen molar-refractivity contribution in [1.82, 2.24) is 0 Å². The molecule has 0 saturated heterocycles. The van der Waals surface area contributed by atoms with Crippen molar-refractivity contribution in [3.05, 3.63) is 12.2 Å². The highest BCUT2D eigenvalue weighted by Crippen LogP contribution is 2.09. The molecule has 0 unspecified atom stereocenters. The average molecular weight is 256 g/mol. The molecule has 4 heteroatoms. The Balaban J connectivity index is 3.58. The van der Waals surface area contributed by atoms with Crippen LogP contribution in [0, 0.1) is 5.92 Å². The summed E-state index contributed by atoms with van der Waals surface area (Å²) in [7, 11) is 0. The van der Waals surface area contributed by atoms with E-state index in [1.54, 1.807) is 6.08 Å². The Morgan fingerprint density at radius 1 is 0.944 bits per heavy atom. The third-order valence-corrected chi connectivity index (χ3v) is 2.83. The molecule has 2 N–H and O–H groups in total. The minimum Gasteiger partial charge on any atom is -0.480 e. The average Bonchev–Trinajstić information content (AvgIpc) is 2.30. The lowest BCUT2D eigenvalue weighted by Gasteiger charge is -2.01. The quantitative estimate of drug-likeness (QED) is 0.337. The molecule has 0 spiro atoms. The van der Waals surface area contributed by atoms with Gasteiger partial charge in [-0.15, -0.1) is 0 Å². The Morgan fingerprint density at radius 3 is 1.94 bits per heavy atom. The van der Waals surface area contributed by atoms with Crippen molar-refractivity contribution >= 4 is 11.9 Å². The number of allylic oxidation sites excluding steroid dienone is 1. The van der Waals surface area contributed by atoms with Crippen molar-refractivity contribution in [3.63, 3.8) is 0 Å². The molecule has 0 rings (SSSR count). The van der Waals surface area contributed by atoms with E-state index < -0.39 is 17.9 Å². The maximum atomic E-state index is 10.6. The minimum atomic E-state index is -1.41. The van der Waals surface area contributed by atoms with E-state index >= 15 is 0 Å². The zero-order valence-corrected chi connectivity index (χ0v) is 11.1. The van der Waals surface area contributed by atoms with E-state index in [0.29, 0.717) is 0 Å². The molecule has 0 bridgehead atoms. The Bertz CT molecular complexity index is 257. The van der Waals surface area contributed by atoms with Gasteiger partial charge < -0.3 is 10.2 Å². The molecular formula is C14H24O4. The van der Waals surface area contributed by atoms with Crippen molar-refractivity contribution in [1.29, 1.82) is 0 Å². The van der Waals surface area contributed by atoms with Gasteiger partial charge in [-0.05, 0) is 12.8 Å². The zero-order chi connectivity index (χ0) is 13.8. The maximum absolute atomic E-state index is 10.6. The van der Waals surface area contributed by atoms with Crippen LogP contribution in [0.4, 0.5) is 0 Å². The molecule has 0 aromatic heterocycles. The topological polar surface area (TPSA) is 74.6 Å². The van der Waals surface area contributed by atoms with Gasteiger partial charge in [-0.2, -0.15) is 0 Å². The van der Waals surface area contributed by atoms with Crippen LogP contribution in [0.3, 0.4) is 0 Å². The third kappa shape index (κ3) is 8.79. The first-order valence-electron chi connectivity index (χ1n) is 6.71. The van der Waals surface area contributed by atoms with E-state index in [4.69, 9.17) is 10.2 Å². The monoisotopic (exact) mass is 256 g/mol. The fourth-order valence-electron chi connectivity index (χ4n) is 1.72. The fourth-order valence-corrected chi connectivity index (χ4v) is 1.72. The summed E-state index contributed by atoms with van der Waals surface area (Å²) >= 11 is 0. The van der Waals surface area contributed by atoms with E-state index in [9.17, 15) is 9.59 Å². The van der Waals surface area contributed by atoms with Crippen LogP contribution in [0.25, 0.3) is 0 Å². The summed E-state index contributed by atoms with van der Waals surface area (Å²) < 4.78 is 0. The Hall–Kier alpha value is -1.32. The number of rotatable bonds is 11. The number of carboxylic acid groups (broad SMARTS) is 2. The highest BCUT2D eigenvalue weighted by atomic mass is 16.4. The lowest BCUT2D eigenvalue weighted by molar-refractivity contribution is -0.151. The summed E-state index contributed by atoms with van der Waals surface area (Å²) in [6.07, 6.45) is 12.1. The smallest absolute Gasteiger partial charge is 0.321 e. The van der Waals surface area contributed by atoms with Gasteiger partial charge in [-0.1, -0.05) is 57.6 Å². The van der Waals surface area contributed by atoms with Gasteiger partial charge in [-0.25, -0.2) is 0 Å². The first-order chi connectivity index (χ1) is 8.59. The van der Waals surface area contributed by atoms with Crippen LogP contribution in [0.5, 0.6) is 0 Å². The van der Waals surface area contributed by atoms with Crippen LogP contribution in [0.1, 0.15) is 58.3 Å². The van der Waals surface area contributed by atoms with E-state index in [-0.39, 0.29) is 0 Å². The van der Waals surface area contributed by atoms with Crippen LogP contribution < -0.4 is 0 Å². The first-order valence-corrected chi connectivity index (χ1v) is 6.71. The standard InChI is InChI=1S/C14H24O4/c1-2-3-4-5-6-7-8-9-10-11-12(13(15)16)14(17)18/h10-12H,2-9H2,1H3,(H,15,16)(H,17,18)/b11-10-. The maximum Gasteiger partial charge on any atom is 0.321 e. The zero-order valence-electron chi connectivity index (χ0n) is 11.1. The largest absolute Gasteiger partial charge is 0.480 e. The number of carbonyl (C=O) groups is 2. The molecule has 0 atom stereocenters. The van der Waals surface area contributed by atoms with Crippen molar-refractivity contribution in [2.24, 2.45) is 5.92 Å². The Labute approximate surface area is 109 Å². The van der Waals surface area contributed by atoms with Crippen molar-refractivity contribution < 1.29 is 19.8 Å². The van der Waals surface area contributed by atoms with Gasteiger partial charge in [0.15, 0.2) is 5.92 Å². The molecule has 0 amide bonds. The number of hydrogen-bond donors (Lipinski definition) is 2. The van der Waals surface area contributed by atoms with E-state index in [0.717, 1.165) is 19.3 Å². The summed E-state index contributed by atoms with van der Waals surface area (Å²) in [5.41, 5.74) is 0. The molecule has 18 heavy (non-hydrogen) atoms. The fraction of sp³-hybridized carbons (Fsp3) is 0.714. The molecule has 0 saturated carbocycles. The van der Waals surface area contributed by atoms with Crippen LogP contribution in [-0.2, 0) is 9.59 Å². The van der Waals surface area contributed by atoms with Crippen molar-refractivity contribution in [3.8, 4) is 0 Å². The van der Waals surface area contributed by atoms with E-state index in [1.807, 2.05) is 0 Å². The SMILES string of the molecule is CCCCCCCCC/C=C\C(C(=O)O)C(=O)O. The van der Waals surface area contributed by atoms with Crippen LogP contribution in [0.15, 0.2) is 12.2 Å². The van der Waals surface area contributed by atoms with Crippen LogP contribution in [0.2, 0.25) is 0 Å². The lowest BCUT2D eigenvalue weighted by Crippen LogP contribution is -2.20. The number of hydrogen-bond acceptors (Lipinski definition) is 2. The molecule has 0 radical (unpaired) electrons. The highest BCUT2D eigenvalue weighted by molar-refractivity contribution is 5.94. The number of unbranched alkanes of at least 4 members (excludes halogenated alkanes) is 7. The molecule has 0 aromatic rings. The van der Waals surface area contributed by atoms with Crippen molar-refractivity contribution in [2.75, 3.05) is 0 Å². The molecule has 0 aliphatic heterocycles. The van der Waals surface area contributed by atoms with E-state index in [2.05, 4.69) is 6.92 Å². The highest BCUT2D eigenvalue weighted by Gasteiger charge is 2.21. The van der Waals surface area contributed by atoms with Gasteiger partial charge in [0, 0.05) is 0 Å². The summed E-state index contributed by atoms with van der Waals surface area (Å²) in [5.74, 6) is -4.02. The van der Waals surface area contributed by atoms with Gasteiger partial charge >= 0.3 is 11.9 Å². The van der Waals surface area contributed by atoms with Gasteiger partial charge in [0.2, 0.25) is 0 Å². The molecule has 0 aliphatic carbocycles. The number of aliphatic carboxylic acids is 2. The van der Waals surface area contributed by atoms with Gasteiger partial charge in [0.05, 0.1) is 0 Å². The molecule has 0 fully saturated rings. The Kier molecular flexibility index (Phi) is 10.0. The summed E-state index contributed by atoms with van der Waals surface area (Å²) in [4.78, 5) is 21.2. The summed E-state index contributed by atoms with van der Waals surface area (Å²) in [5, 5.41) is 17.3. The Morgan fingerprint density at radius 2 is 1.44 bits per heavy atom. The predicted octanol–water partition coefficient (Wildman–Crippen LogP) is 3.47. The van der Waals surface area contributed by atoms with Crippen molar-refractivity contribution in [2.45, 2.75) is 58.3 Å². The second-order valence-corrected chi connectivity index (χ2v) is 4.49. The molecule has 0 aliphatic rings. The summed E-state index contributed by atoms with van der Waals surface area (Å²) in [6, 6.07) is 0. The second kappa shape index (κ2) is 10.8. The molecule has 0 heterocycles. The predicted molar refractivity (Wildman–Crippen MR) is 70.5 cm³/mol. The van der Waals surface area contributed by atoms with Gasteiger partial charge in [0.25, 0.3) is 0 Å². The molecular weight excluding hydrogens is 232 g/mol.